The summed E-state index contributed by atoms with van der Waals surface area (Å²) >= 11 is 0. The van der Waals surface area contributed by atoms with Crippen molar-refractivity contribution < 1.29 is 4.79 Å². The summed E-state index contributed by atoms with van der Waals surface area (Å²) in [5, 5.41) is 12.9. The second kappa shape index (κ2) is 9.81. The van der Waals surface area contributed by atoms with Crippen LogP contribution in [0.2, 0.25) is 0 Å². The van der Waals surface area contributed by atoms with Gasteiger partial charge in [0, 0.05) is 66.3 Å². The average Bonchev–Trinajstić information content (AvgIpc) is 3.52. The van der Waals surface area contributed by atoms with Crippen molar-refractivity contribution in [2.45, 2.75) is 27.2 Å². The predicted molar refractivity (Wildman–Crippen MR) is 157 cm³/mol. The van der Waals surface area contributed by atoms with Crippen molar-refractivity contribution in [3.8, 4) is 22.6 Å². The number of amides is 1. The van der Waals surface area contributed by atoms with Gasteiger partial charge >= 0.3 is 0 Å². The monoisotopic (exact) mass is 522 g/mol. The molecule has 0 spiro atoms. The molecule has 1 saturated heterocycles. The molecule has 1 amide bonds. The number of fused-ring (bicyclic) bond motifs is 2. The van der Waals surface area contributed by atoms with E-state index in [-0.39, 0.29) is 11.3 Å². The van der Waals surface area contributed by atoms with Crippen LogP contribution in [0.15, 0.2) is 55.0 Å². The van der Waals surface area contributed by atoms with Crippen LogP contribution in [-0.2, 0) is 4.79 Å². The Labute approximate surface area is 227 Å². The number of benzene rings is 1. The summed E-state index contributed by atoms with van der Waals surface area (Å²) in [7, 11) is 2.17. The number of aromatic amines is 2. The molecule has 1 aliphatic heterocycles. The maximum Gasteiger partial charge on any atom is 0.224 e. The van der Waals surface area contributed by atoms with Crippen molar-refractivity contribution in [1.82, 2.24) is 30.0 Å². The average molecular weight is 523 g/mol. The van der Waals surface area contributed by atoms with Gasteiger partial charge in [0.05, 0.1) is 35.0 Å². The Bertz CT molecular complexity index is 1650. The lowest BCUT2D eigenvalue weighted by atomic mass is 9.92. The van der Waals surface area contributed by atoms with Gasteiger partial charge in [0.1, 0.15) is 5.69 Å². The Morgan fingerprint density at radius 1 is 1.00 bits per heavy atom. The van der Waals surface area contributed by atoms with E-state index in [4.69, 9.17) is 0 Å². The number of nitrogens with zero attached hydrogens (tertiary/aromatic N) is 5. The summed E-state index contributed by atoms with van der Waals surface area (Å²) in [6.07, 6.45) is 5.65. The van der Waals surface area contributed by atoms with Gasteiger partial charge in [-0.1, -0.05) is 26.8 Å². The second-order valence-electron chi connectivity index (χ2n) is 11.6. The lowest BCUT2D eigenvalue weighted by Crippen LogP contribution is -2.44. The van der Waals surface area contributed by atoms with Crippen molar-refractivity contribution in [1.29, 1.82) is 0 Å². The minimum Gasteiger partial charge on any atom is -0.368 e. The van der Waals surface area contributed by atoms with Crippen molar-refractivity contribution in [2.75, 3.05) is 43.4 Å². The number of aromatic nitrogens is 5. The van der Waals surface area contributed by atoms with Crippen LogP contribution in [0.25, 0.3) is 44.5 Å². The number of rotatable bonds is 5. The lowest BCUT2D eigenvalue weighted by molar-refractivity contribution is -0.117. The highest BCUT2D eigenvalue weighted by atomic mass is 16.1. The summed E-state index contributed by atoms with van der Waals surface area (Å²) in [4.78, 5) is 29.9. The van der Waals surface area contributed by atoms with Gasteiger partial charge in [0.2, 0.25) is 5.91 Å². The first-order chi connectivity index (χ1) is 18.7. The van der Waals surface area contributed by atoms with Crippen molar-refractivity contribution in [2.24, 2.45) is 5.41 Å². The molecular weight excluding hydrogens is 488 g/mol. The molecule has 0 aliphatic carbocycles. The molecule has 1 aliphatic rings. The molecular formula is C30H34N8O. The fourth-order valence-electron chi connectivity index (χ4n) is 5.21. The smallest absolute Gasteiger partial charge is 0.224 e. The molecule has 4 aromatic heterocycles. The Morgan fingerprint density at radius 2 is 1.82 bits per heavy atom. The molecule has 0 saturated carbocycles. The minimum atomic E-state index is -0.0900. The molecule has 39 heavy (non-hydrogen) atoms. The van der Waals surface area contributed by atoms with Crippen LogP contribution in [0.5, 0.6) is 0 Å². The van der Waals surface area contributed by atoms with E-state index in [9.17, 15) is 4.79 Å². The van der Waals surface area contributed by atoms with Gasteiger partial charge in [-0.3, -0.25) is 19.9 Å². The van der Waals surface area contributed by atoms with Gasteiger partial charge in [0.25, 0.3) is 0 Å². The normalized spacial score (nSPS) is 14.8. The van der Waals surface area contributed by atoms with E-state index in [1.807, 2.05) is 32.9 Å². The van der Waals surface area contributed by atoms with Gasteiger partial charge < -0.3 is 20.1 Å². The number of carbonyl (C=O) groups excluding carboxylic acids is 1. The summed E-state index contributed by atoms with van der Waals surface area (Å²) < 4.78 is 0. The Hall–Kier alpha value is -4.24. The van der Waals surface area contributed by atoms with Gasteiger partial charge in [-0.25, -0.2) is 0 Å². The third kappa shape index (κ3) is 5.22. The van der Waals surface area contributed by atoms with E-state index >= 15 is 0 Å². The number of likely N-dealkylation sites (N-methyl/N-ethyl adjacent to an activating group) is 1. The van der Waals surface area contributed by atoms with E-state index in [1.54, 1.807) is 18.6 Å². The molecule has 200 valence electrons. The summed E-state index contributed by atoms with van der Waals surface area (Å²) in [5.74, 6) is -0.0308. The highest BCUT2D eigenvalue weighted by molar-refractivity contribution is 6.00. The minimum absolute atomic E-state index is 0.0308. The van der Waals surface area contributed by atoms with Crippen LogP contribution in [0.1, 0.15) is 27.2 Å². The molecule has 0 unspecified atom stereocenters. The van der Waals surface area contributed by atoms with Gasteiger partial charge in [0.15, 0.2) is 0 Å². The van der Waals surface area contributed by atoms with Crippen LogP contribution in [-0.4, -0.2) is 69.2 Å². The van der Waals surface area contributed by atoms with Gasteiger partial charge in [-0.2, -0.15) is 5.10 Å². The zero-order valence-electron chi connectivity index (χ0n) is 22.9. The fraction of sp³-hybridized carbons (Fsp3) is 0.333. The van der Waals surface area contributed by atoms with Crippen LogP contribution in [0, 0.1) is 5.41 Å². The molecule has 0 bridgehead atoms. The van der Waals surface area contributed by atoms with Crippen molar-refractivity contribution in [3.63, 3.8) is 0 Å². The second-order valence-corrected chi connectivity index (χ2v) is 11.6. The molecule has 1 fully saturated rings. The third-order valence-corrected chi connectivity index (χ3v) is 7.20. The molecule has 5 heterocycles. The number of pyridine rings is 2. The van der Waals surface area contributed by atoms with Crippen LogP contribution < -0.4 is 10.2 Å². The number of piperazine rings is 1. The fourth-order valence-corrected chi connectivity index (χ4v) is 5.21. The Kier molecular flexibility index (Phi) is 6.31. The van der Waals surface area contributed by atoms with E-state index in [2.05, 4.69) is 71.6 Å². The van der Waals surface area contributed by atoms with E-state index in [0.717, 1.165) is 65.2 Å². The first-order valence-corrected chi connectivity index (χ1v) is 13.4. The predicted octanol–water partition coefficient (Wildman–Crippen LogP) is 5.29. The van der Waals surface area contributed by atoms with Crippen molar-refractivity contribution >= 4 is 39.1 Å². The molecule has 0 atom stereocenters. The highest BCUT2D eigenvalue weighted by Crippen LogP contribution is 2.34. The van der Waals surface area contributed by atoms with E-state index in [0.29, 0.717) is 12.1 Å². The topological polar surface area (TPSA) is 106 Å². The standard InChI is InChI=1S/C30H34N8O/c1-30(2,3)15-28(39)33-20-12-19(16-31-17-20)24-14-22-26(18-32-24)35-36-29(22)25-13-21-23(34-25)6-5-7-27(21)38-10-8-37(4)9-11-38/h5-7,12-14,16-18,34H,8-11,15H2,1-4H3,(H,33,39)(H,35,36). The third-order valence-electron chi connectivity index (χ3n) is 7.20. The number of H-pyrrole nitrogens is 2. The van der Waals surface area contributed by atoms with Crippen molar-refractivity contribution in [3.05, 3.63) is 55.0 Å². The van der Waals surface area contributed by atoms with E-state index in [1.165, 1.54) is 11.1 Å². The largest absolute Gasteiger partial charge is 0.368 e. The van der Waals surface area contributed by atoms with Crippen LogP contribution in [0.4, 0.5) is 11.4 Å². The molecule has 9 nitrogen and oxygen atoms in total. The highest BCUT2D eigenvalue weighted by Gasteiger charge is 2.20. The molecule has 6 rings (SSSR count). The number of hydrogen-bond donors (Lipinski definition) is 3. The maximum atomic E-state index is 12.5. The Morgan fingerprint density at radius 3 is 2.62 bits per heavy atom. The number of carbonyl (C=O) groups is 1. The number of anilines is 2. The van der Waals surface area contributed by atoms with Gasteiger partial charge in [-0.05, 0) is 42.8 Å². The SMILES string of the molecule is CN1CCN(c2cccc3[nH]c(-c4n[nH]c5cnc(-c6cncc(NC(=O)CC(C)(C)C)c6)cc45)cc23)CC1. The molecule has 3 N–H and O–H groups in total. The zero-order chi connectivity index (χ0) is 27.1. The van der Waals surface area contributed by atoms with Crippen LogP contribution >= 0.6 is 0 Å². The zero-order valence-corrected chi connectivity index (χ0v) is 22.9. The quantitative estimate of drug-likeness (QED) is 0.289. The Balaban J connectivity index is 1.32. The molecule has 9 heteroatoms. The maximum absolute atomic E-state index is 12.5. The lowest BCUT2D eigenvalue weighted by Gasteiger charge is -2.34. The first kappa shape index (κ1) is 25.1. The number of nitrogens with one attached hydrogen (secondary N) is 3. The summed E-state index contributed by atoms with van der Waals surface area (Å²) in [6.45, 7) is 10.3. The summed E-state index contributed by atoms with van der Waals surface area (Å²) in [6, 6.07) is 12.6. The van der Waals surface area contributed by atoms with Gasteiger partial charge in [-0.15, -0.1) is 0 Å². The number of hydrogen-bond acceptors (Lipinski definition) is 6. The summed E-state index contributed by atoms with van der Waals surface area (Å²) in [5.41, 5.74) is 7.15. The first-order valence-electron chi connectivity index (χ1n) is 13.4. The van der Waals surface area contributed by atoms with Crippen LogP contribution in [0.3, 0.4) is 0 Å². The molecule has 5 aromatic rings. The van der Waals surface area contributed by atoms with E-state index < -0.39 is 0 Å². The molecule has 1 aromatic carbocycles. The molecule has 0 radical (unpaired) electrons.